The Kier molecular flexibility index (Phi) is 5.11. The number of aromatic nitrogens is 2. The van der Waals surface area contributed by atoms with Crippen LogP contribution in [0.3, 0.4) is 0 Å². The minimum Gasteiger partial charge on any atom is -0.467 e. The molecule has 0 atom stereocenters. The second kappa shape index (κ2) is 7.64. The summed E-state index contributed by atoms with van der Waals surface area (Å²) in [5.74, 6) is 2.38. The molecule has 0 saturated carbocycles. The standard InChI is InChI=1S/C19H22N4O/c1-15(2)23(14-16-7-4-3-5-8-16)19-20-11-10-18(22-19)21-13-17-9-6-12-24-17/h3-12,15H,13-14H2,1-2H3,(H,20,21,22). The summed E-state index contributed by atoms with van der Waals surface area (Å²) in [5, 5.41) is 3.27. The van der Waals surface area contributed by atoms with E-state index in [1.807, 2.05) is 24.3 Å². The molecule has 0 amide bonds. The average molecular weight is 322 g/mol. The molecule has 0 aliphatic carbocycles. The summed E-state index contributed by atoms with van der Waals surface area (Å²) >= 11 is 0. The molecule has 1 aromatic carbocycles. The lowest BCUT2D eigenvalue weighted by atomic mass is 10.2. The molecular formula is C19H22N4O. The number of rotatable bonds is 7. The lowest BCUT2D eigenvalue weighted by Gasteiger charge is -2.27. The van der Waals surface area contributed by atoms with E-state index >= 15 is 0 Å². The highest BCUT2D eigenvalue weighted by molar-refractivity contribution is 5.42. The summed E-state index contributed by atoms with van der Waals surface area (Å²) in [4.78, 5) is 11.3. The Morgan fingerprint density at radius 3 is 2.62 bits per heavy atom. The fraction of sp³-hybridized carbons (Fsp3) is 0.263. The Hall–Kier alpha value is -2.82. The molecule has 0 saturated heterocycles. The van der Waals surface area contributed by atoms with Gasteiger partial charge in [-0.1, -0.05) is 30.3 Å². The largest absolute Gasteiger partial charge is 0.467 e. The topological polar surface area (TPSA) is 54.2 Å². The third-order valence-corrected chi connectivity index (χ3v) is 3.74. The number of nitrogens with zero attached hydrogens (tertiary/aromatic N) is 3. The van der Waals surface area contributed by atoms with Crippen LogP contribution in [-0.2, 0) is 13.1 Å². The van der Waals surface area contributed by atoms with Crippen molar-refractivity contribution >= 4 is 11.8 Å². The predicted octanol–water partition coefficient (Wildman–Crippen LogP) is 4.10. The van der Waals surface area contributed by atoms with E-state index in [4.69, 9.17) is 4.42 Å². The Balaban J connectivity index is 1.74. The molecule has 3 aromatic rings. The van der Waals surface area contributed by atoms with E-state index in [1.165, 1.54) is 5.56 Å². The van der Waals surface area contributed by atoms with E-state index in [0.717, 1.165) is 24.1 Å². The second-order valence-corrected chi connectivity index (χ2v) is 5.88. The van der Waals surface area contributed by atoms with Gasteiger partial charge in [-0.15, -0.1) is 0 Å². The fourth-order valence-corrected chi connectivity index (χ4v) is 2.44. The SMILES string of the molecule is CC(C)N(Cc1ccccc1)c1nccc(NCc2ccco2)n1. The molecule has 0 spiro atoms. The molecule has 0 aliphatic heterocycles. The van der Waals surface area contributed by atoms with Gasteiger partial charge in [-0.3, -0.25) is 0 Å². The highest BCUT2D eigenvalue weighted by atomic mass is 16.3. The zero-order chi connectivity index (χ0) is 16.8. The van der Waals surface area contributed by atoms with E-state index in [0.29, 0.717) is 12.6 Å². The van der Waals surface area contributed by atoms with Crippen LogP contribution < -0.4 is 10.2 Å². The van der Waals surface area contributed by atoms with Gasteiger partial charge in [0, 0.05) is 18.8 Å². The van der Waals surface area contributed by atoms with Gasteiger partial charge < -0.3 is 14.6 Å². The van der Waals surface area contributed by atoms with Gasteiger partial charge in [0.1, 0.15) is 11.6 Å². The average Bonchev–Trinajstić information content (AvgIpc) is 3.12. The molecule has 2 heterocycles. The van der Waals surface area contributed by atoms with Crippen molar-refractivity contribution in [1.29, 1.82) is 0 Å². The van der Waals surface area contributed by atoms with Gasteiger partial charge in [0.2, 0.25) is 5.95 Å². The summed E-state index contributed by atoms with van der Waals surface area (Å²) in [6.07, 6.45) is 3.45. The van der Waals surface area contributed by atoms with Gasteiger partial charge in [0.15, 0.2) is 0 Å². The molecule has 5 nitrogen and oxygen atoms in total. The van der Waals surface area contributed by atoms with E-state index < -0.39 is 0 Å². The van der Waals surface area contributed by atoms with Crippen LogP contribution in [0.25, 0.3) is 0 Å². The van der Waals surface area contributed by atoms with Crippen molar-refractivity contribution < 1.29 is 4.42 Å². The number of nitrogens with one attached hydrogen (secondary N) is 1. The fourth-order valence-electron chi connectivity index (χ4n) is 2.44. The van der Waals surface area contributed by atoms with Crippen LogP contribution in [-0.4, -0.2) is 16.0 Å². The summed E-state index contributed by atoms with van der Waals surface area (Å²) in [5.41, 5.74) is 1.24. The van der Waals surface area contributed by atoms with Crippen LogP contribution >= 0.6 is 0 Å². The van der Waals surface area contributed by atoms with Crippen LogP contribution in [0.2, 0.25) is 0 Å². The number of hydrogen-bond donors (Lipinski definition) is 1. The molecular weight excluding hydrogens is 300 g/mol. The smallest absolute Gasteiger partial charge is 0.227 e. The highest BCUT2D eigenvalue weighted by Gasteiger charge is 2.14. The summed E-state index contributed by atoms with van der Waals surface area (Å²) < 4.78 is 5.33. The molecule has 24 heavy (non-hydrogen) atoms. The Labute approximate surface area is 142 Å². The maximum absolute atomic E-state index is 5.33. The van der Waals surface area contributed by atoms with Gasteiger partial charge in [0.25, 0.3) is 0 Å². The van der Waals surface area contributed by atoms with E-state index in [9.17, 15) is 0 Å². The van der Waals surface area contributed by atoms with Gasteiger partial charge >= 0.3 is 0 Å². The predicted molar refractivity (Wildman–Crippen MR) is 95.8 cm³/mol. The molecule has 5 heteroatoms. The first kappa shape index (κ1) is 16.1. The molecule has 0 bridgehead atoms. The van der Waals surface area contributed by atoms with Crippen molar-refractivity contribution in [2.75, 3.05) is 10.2 Å². The van der Waals surface area contributed by atoms with Crippen LogP contribution in [0.5, 0.6) is 0 Å². The van der Waals surface area contributed by atoms with Crippen molar-refractivity contribution in [3.8, 4) is 0 Å². The van der Waals surface area contributed by atoms with Crippen LogP contribution in [0, 0.1) is 0 Å². The Morgan fingerprint density at radius 2 is 1.92 bits per heavy atom. The minimum absolute atomic E-state index is 0.297. The summed E-state index contributed by atoms with van der Waals surface area (Å²) in [6.45, 7) is 5.68. The quantitative estimate of drug-likeness (QED) is 0.710. The number of benzene rings is 1. The first-order valence-corrected chi connectivity index (χ1v) is 8.12. The molecule has 124 valence electrons. The maximum atomic E-state index is 5.33. The zero-order valence-electron chi connectivity index (χ0n) is 14.0. The van der Waals surface area contributed by atoms with Crippen molar-refractivity contribution in [3.05, 3.63) is 72.3 Å². The van der Waals surface area contributed by atoms with Crippen molar-refractivity contribution in [2.45, 2.75) is 33.0 Å². The van der Waals surface area contributed by atoms with Gasteiger partial charge in [-0.2, -0.15) is 4.98 Å². The Morgan fingerprint density at radius 1 is 1.08 bits per heavy atom. The van der Waals surface area contributed by atoms with Crippen molar-refractivity contribution in [3.63, 3.8) is 0 Å². The monoisotopic (exact) mass is 322 g/mol. The third-order valence-electron chi connectivity index (χ3n) is 3.74. The summed E-state index contributed by atoms with van der Waals surface area (Å²) in [6, 6.07) is 16.3. The van der Waals surface area contributed by atoms with Crippen molar-refractivity contribution in [2.24, 2.45) is 0 Å². The number of hydrogen-bond acceptors (Lipinski definition) is 5. The first-order valence-electron chi connectivity index (χ1n) is 8.12. The third kappa shape index (κ3) is 4.13. The first-order chi connectivity index (χ1) is 11.7. The number of furan rings is 1. The molecule has 2 aromatic heterocycles. The molecule has 1 N–H and O–H groups in total. The molecule has 0 radical (unpaired) electrons. The molecule has 0 aliphatic rings. The maximum Gasteiger partial charge on any atom is 0.227 e. The molecule has 0 fully saturated rings. The Bertz CT molecular complexity index is 741. The lowest BCUT2D eigenvalue weighted by Crippen LogP contribution is -2.31. The second-order valence-electron chi connectivity index (χ2n) is 5.88. The summed E-state index contributed by atoms with van der Waals surface area (Å²) in [7, 11) is 0. The van der Waals surface area contributed by atoms with Gasteiger partial charge in [-0.05, 0) is 37.6 Å². The normalized spacial score (nSPS) is 10.8. The highest BCUT2D eigenvalue weighted by Crippen LogP contribution is 2.17. The van der Waals surface area contributed by atoms with Gasteiger partial charge in [0.05, 0.1) is 12.8 Å². The number of anilines is 2. The van der Waals surface area contributed by atoms with Crippen LogP contribution in [0.1, 0.15) is 25.2 Å². The lowest BCUT2D eigenvalue weighted by molar-refractivity contribution is 0.517. The van der Waals surface area contributed by atoms with E-state index in [-0.39, 0.29) is 0 Å². The molecule has 0 unspecified atom stereocenters. The van der Waals surface area contributed by atoms with Crippen LogP contribution in [0.4, 0.5) is 11.8 Å². The van der Waals surface area contributed by atoms with Crippen LogP contribution in [0.15, 0.2) is 65.4 Å². The minimum atomic E-state index is 0.297. The van der Waals surface area contributed by atoms with Crippen molar-refractivity contribution in [1.82, 2.24) is 9.97 Å². The van der Waals surface area contributed by atoms with E-state index in [1.54, 1.807) is 12.5 Å². The van der Waals surface area contributed by atoms with E-state index in [2.05, 4.69) is 58.3 Å². The zero-order valence-corrected chi connectivity index (χ0v) is 14.0. The molecule has 3 rings (SSSR count). The van der Waals surface area contributed by atoms with Gasteiger partial charge in [-0.25, -0.2) is 4.98 Å².